The van der Waals surface area contributed by atoms with E-state index in [4.69, 9.17) is 17.3 Å². The maximum Gasteiger partial charge on any atom is 0.312 e. The van der Waals surface area contributed by atoms with Gasteiger partial charge in [-0.25, -0.2) is 4.79 Å². The molecule has 2 aromatic rings. The molecule has 1 unspecified atom stereocenters. The van der Waals surface area contributed by atoms with Gasteiger partial charge in [0.05, 0.1) is 6.04 Å². The van der Waals surface area contributed by atoms with Crippen LogP contribution in [0.1, 0.15) is 17.2 Å². The summed E-state index contributed by atoms with van der Waals surface area (Å²) in [5.74, 6) is 0. The zero-order valence-corrected chi connectivity index (χ0v) is 10.4. The molecule has 0 aliphatic heterocycles. The number of rotatable bonds is 3. The van der Waals surface area contributed by atoms with Crippen molar-refractivity contribution in [2.45, 2.75) is 6.04 Å². The number of carbonyl (C=O) groups excluding carboxylic acids is 1. The van der Waals surface area contributed by atoms with E-state index in [-0.39, 0.29) is 6.04 Å². The lowest BCUT2D eigenvalue weighted by Gasteiger charge is -2.18. The number of hydrogen-bond acceptors (Lipinski definition) is 1. The first-order valence-electron chi connectivity index (χ1n) is 5.53. The van der Waals surface area contributed by atoms with Crippen molar-refractivity contribution >= 4 is 17.6 Å². The number of hydrogen-bond donors (Lipinski definition) is 2. The fourth-order valence-electron chi connectivity index (χ4n) is 1.80. The maximum atomic E-state index is 11.1. The minimum absolute atomic E-state index is 0.263. The number of nitrogens with two attached hydrogens (primary N) is 1. The summed E-state index contributed by atoms with van der Waals surface area (Å²) in [6, 6.07) is 16.1. The first-order valence-corrected chi connectivity index (χ1v) is 5.91. The summed E-state index contributed by atoms with van der Waals surface area (Å²) in [5.41, 5.74) is 7.13. The lowest BCUT2D eigenvalue weighted by Crippen LogP contribution is -2.33. The molecular weight excluding hydrogens is 248 g/mol. The fraction of sp³-hybridized carbons (Fsp3) is 0.0714. The lowest BCUT2D eigenvalue weighted by atomic mass is 9.99. The van der Waals surface area contributed by atoms with Gasteiger partial charge >= 0.3 is 6.03 Å². The van der Waals surface area contributed by atoms with E-state index in [9.17, 15) is 4.79 Å². The summed E-state index contributed by atoms with van der Waals surface area (Å²) >= 11 is 5.86. The predicted octanol–water partition coefficient (Wildman–Crippen LogP) is 3.10. The molecule has 0 aliphatic carbocycles. The van der Waals surface area contributed by atoms with Crippen molar-refractivity contribution in [2.75, 3.05) is 0 Å². The Bertz CT molecular complexity index is 525. The molecular formula is C14H13ClN2O. The van der Waals surface area contributed by atoms with Gasteiger partial charge in [0.15, 0.2) is 0 Å². The van der Waals surface area contributed by atoms with Crippen molar-refractivity contribution in [2.24, 2.45) is 5.73 Å². The number of halogens is 1. The highest BCUT2D eigenvalue weighted by atomic mass is 35.5. The lowest BCUT2D eigenvalue weighted by molar-refractivity contribution is 0.247. The Morgan fingerprint density at radius 3 is 2.11 bits per heavy atom. The maximum absolute atomic E-state index is 11.1. The minimum Gasteiger partial charge on any atom is -0.352 e. The Kier molecular flexibility index (Phi) is 3.85. The van der Waals surface area contributed by atoms with Crippen LogP contribution in [0.2, 0.25) is 5.02 Å². The third-order valence-electron chi connectivity index (χ3n) is 2.62. The third-order valence-corrected chi connectivity index (χ3v) is 2.87. The summed E-state index contributed by atoms with van der Waals surface area (Å²) in [6.07, 6.45) is 0. The van der Waals surface area contributed by atoms with Crippen LogP contribution in [0.3, 0.4) is 0 Å². The molecule has 0 fully saturated rings. The van der Waals surface area contributed by atoms with E-state index in [1.54, 1.807) is 12.1 Å². The molecule has 0 spiro atoms. The second-order valence-electron chi connectivity index (χ2n) is 3.90. The molecule has 2 amide bonds. The topological polar surface area (TPSA) is 55.1 Å². The van der Waals surface area contributed by atoms with Gasteiger partial charge in [-0.1, -0.05) is 54.1 Å². The summed E-state index contributed by atoms with van der Waals surface area (Å²) in [5, 5.41) is 3.38. The summed E-state index contributed by atoms with van der Waals surface area (Å²) in [4.78, 5) is 11.1. The molecule has 0 bridgehead atoms. The molecule has 3 N–H and O–H groups in total. The molecule has 0 saturated carbocycles. The van der Waals surface area contributed by atoms with E-state index in [1.165, 1.54) is 0 Å². The van der Waals surface area contributed by atoms with Crippen LogP contribution in [0.5, 0.6) is 0 Å². The highest BCUT2D eigenvalue weighted by Gasteiger charge is 2.14. The number of amides is 2. The zero-order chi connectivity index (χ0) is 13.0. The van der Waals surface area contributed by atoms with Crippen molar-refractivity contribution in [3.05, 3.63) is 70.7 Å². The second-order valence-corrected chi connectivity index (χ2v) is 4.34. The number of primary amides is 1. The van der Waals surface area contributed by atoms with E-state index in [0.29, 0.717) is 5.02 Å². The molecule has 0 aliphatic rings. The smallest absolute Gasteiger partial charge is 0.312 e. The molecule has 0 heterocycles. The van der Waals surface area contributed by atoms with Crippen LogP contribution in [0, 0.1) is 0 Å². The number of urea groups is 1. The number of nitrogens with one attached hydrogen (secondary N) is 1. The van der Waals surface area contributed by atoms with Crippen LogP contribution in [-0.4, -0.2) is 6.03 Å². The van der Waals surface area contributed by atoms with Crippen LogP contribution in [0.4, 0.5) is 4.79 Å². The van der Waals surface area contributed by atoms with Gasteiger partial charge in [-0.05, 0) is 23.3 Å². The van der Waals surface area contributed by atoms with Gasteiger partial charge < -0.3 is 11.1 Å². The highest BCUT2D eigenvalue weighted by Crippen LogP contribution is 2.23. The van der Waals surface area contributed by atoms with Crippen molar-refractivity contribution in [3.8, 4) is 0 Å². The van der Waals surface area contributed by atoms with Gasteiger partial charge in [-0.3, -0.25) is 0 Å². The zero-order valence-electron chi connectivity index (χ0n) is 9.64. The summed E-state index contributed by atoms with van der Waals surface area (Å²) in [6.45, 7) is 0. The quantitative estimate of drug-likeness (QED) is 0.875. The number of benzene rings is 2. The molecule has 2 rings (SSSR count). The Labute approximate surface area is 111 Å². The van der Waals surface area contributed by atoms with Crippen LogP contribution >= 0.6 is 11.6 Å². The van der Waals surface area contributed by atoms with Gasteiger partial charge in [-0.2, -0.15) is 0 Å². The third kappa shape index (κ3) is 3.02. The van der Waals surface area contributed by atoms with Gasteiger partial charge in [-0.15, -0.1) is 0 Å². The average molecular weight is 261 g/mol. The van der Waals surface area contributed by atoms with Crippen LogP contribution in [0.15, 0.2) is 54.6 Å². The Balaban J connectivity index is 2.36. The monoisotopic (exact) mass is 260 g/mol. The summed E-state index contributed by atoms with van der Waals surface area (Å²) in [7, 11) is 0. The first-order chi connectivity index (χ1) is 8.66. The van der Waals surface area contributed by atoms with E-state index in [0.717, 1.165) is 11.1 Å². The van der Waals surface area contributed by atoms with Crippen molar-refractivity contribution in [3.63, 3.8) is 0 Å². The Morgan fingerprint density at radius 2 is 1.56 bits per heavy atom. The second kappa shape index (κ2) is 5.56. The van der Waals surface area contributed by atoms with Crippen molar-refractivity contribution < 1.29 is 4.79 Å². The van der Waals surface area contributed by atoms with E-state index in [2.05, 4.69) is 5.32 Å². The first kappa shape index (κ1) is 12.5. The van der Waals surface area contributed by atoms with Crippen LogP contribution in [0.25, 0.3) is 0 Å². The summed E-state index contributed by atoms with van der Waals surface area (Å²) < 4.78 is 0. The minimum atomic E-state index is -0.557. The molecule has 0 saturated heterocycles. The molecule has 1 atom stereocenters. The molecule has 92 valence electrons. The highest BCUT2D eigenvalue weighted by molar-refractivity contribution is 6.30. The molecule has 0 radical (unpaired) electrons. The molecule has 18 heavy (non-hydrogen) atoms. The van der Waals surface area contributed by atoms with Gasteiger partial charge in [0, 0.05) is 5.02 Å². The normalized spacial score (nSPS) is 11.8. The molecule has 0 aromatic heterocycles. The van der Waals surface area contributed by atoms with Crippen molar-refractivity contribution in [1.29, 1.82) is 0 Å². The standard InChI is InChI=1S/C14H13ClN2O/c15-12-8-6-11(7-9-12)13(17-14(16)18)10-4-2-1-3-5-10/h1-9,13H,(H3,16,17,18). The van der Waals surface area contributed by atoms with Crippen LogP contribution < -0.4 is 11.1 Å². The Morgan fingerprint density at radius 1 is 1.00 bits per heavy atom. The predicted molar refractivity (Wildman–Crippen MR) is 72.5 cm³/mol. The molecule has 4 heteroatoms. The van der Waals surface area contributed by atoms with E-state index in [1.807, 2.05) is 42.5 Å². The fourth-order valence-corrected chi connectivity index (χ4v) is 1.93. The van der Waals surface area contributed by atoms with E-state index >= 15 is 0 Å². The Hall–Kier alpha value is -2.00. The number of carbonyl (C=O) groups is 1. The largest absolute Gasteiger partial charge is 0.352 e. The SMILES string of the molecule is NC(=O)NC(c1ccccc1)c1ccc(Cl)cc1. The van der Waals surface area contributed by atoms with Gasteiger partial charge in [0.2, 0.25) is 0 Å². The average Bonchev–Trinajstić information content (AvgIpc) is 2.38. The van der Waals surface area contributed by atoms with Gasteiger partial charge in [0.25, 0.3) is 0 Å². The molecule has 3 nitrogen and oxygen atoms in total. The molecule has 2 aromatic carbocycles. The van der Waals surface area contributed by atoms with E-state index < -0.39 is 6.03 Å². The van der Waals surface area contributed by atoms with Crippen LogP contribution in [-0.2, 0) is 0 Å². The van der Waals surface area contributed by atoms with Gasteiger partial charge in [0.1, 0.15) is 0 Å². The van der Waals surface area contributed by atoms with Crippen molar-refractivity contribution in [1.82, 2.24) is 5.32 Å².